The van der Waals surface area contributed by atoms with Crippen molar-refractivity contribution >= 4 is 0 Å². The molecule has 0 aliphatic carbocycles. The summed E-state index contributed by atoms with van der Waals surface area (Å²) < 4.78 is 0. The van der Waals surface area contributed by atoms with Crippen molar-refractivity contribution in [1.29, 1.82) is 0 Å². The average molecular weight is 277 g/mol. The maximum Gasteiger partial charge on any atom is 0.102 e. The quantitative estimate of drug-likeness (QED) is 0.768. The molecule has 3 heteroatoms. The first kappa shape index (κ1) is 13.6. The van der Waals surface area contributed by atoms with E-state index in [1.807, 2.05) is 24.4 Å². The van der Waals surface area contributed by atoms with Gasteiger partial charge in [0.1, 0.15) is 5.69 Å². The zero-order chi connectivity index (χ0) is 14.7. The average Bonchev–Trinajstić information content (AvgIpc) is 2.92. The van der Waals surface area contributed by atoms with E-state index >= 15 is 0 Å². The summed E-state index contributed by atoms with van der Waals surface area (Å²) in [4.78, 5) is 4.51. The first-order valence-electron chi connectivity index (χ1n) is 7.35. The van der Waals surface area contributed by atoms with Gasteiger partial charge < -0.3 is 0 Å². The highest BCUT2D eigenvalue weighted by molar-refractivity contribution is 5.81. The molecule has 0 aliphatic rings. The molecule has 3 aromatic rings. The Morgan fingerprint density at radius 3 is 2.71 bits per heavy atom. The largest absolute Gasteiger partial charge is 0.281 e. The number of H-pyrrole nitrogens is 1. The lowest BCUT2D eigenvalue weighted by molar-refractivity contribution is 0.868. The van der Waals surface area contributed by atoms with Gasteiger partial charge in [0, 0.05) is 23.0 Å². The molecular formula is C18H19N3. The van der Waals surface area contributed by atoms with Gasteiger partial charge in [-0.1, -0.05) is 43.2 Å². The SMILES string of the molecule is CCCc1[nH]nc(-c2cccc(C)c2)c1-c1ccccn1. The second-order valence-electron chi connectivity index (χ2n) is 5.26. The number of nitrogens with zero attached hydrogens (tertiary/aromatic N) is 2. The van der Waals surface area contributed by atoms with E-state index in [1.54, 1.807) is 0 Å². The van der Waals surface area contributed by atoms with E-state index in [1.165, 1.54) is 5.56 Å². The van der Waals surface area contributed by atoms with E-state index in [4.69, 9.17) is 0 Å². The van der Waals surface area contributed by atoms with Gasteiger partial charge in [-0.25, -0.2) is 0 Å². The van der Waals surface area contributed by atoms with Gasteiger partial charge in [-0.2, -0.15) is 5.10 Å². The number of aromatic amines is 1. The van der Waals surface area contributed by atoms with Gasteiger partial charge in [0.05, 0.1) is 5.69 Å². The molecule has 1 N–H and O–H groups in total. The van der Waals surface area contributed by atoms with Gasteiger partial charge in [-0.3, -0.25) is 10.1 Å². The van der Waals surface area contributed by atoms with Crippen LogP contribution in [0.1, 0.15) is 24.6 Å². The van der Waals surface area contributed by atoms with E-state index < -0.39 is 0 Å². The van der Waals surface area contributed by atoms with Crippen LogP contribution < -0.4 is 0 Å². The Morgan fingerprint density at radius 1 is 1.10 bits per heavy atom. The van der Waals surface area contributed by atoms with Crippen molar-refractivity contribution in [3.05, 3.63) is 59.9 Å². The lowest BCUT2D eigenvalue weighted by Gasteiger charge is -2.06. The van der Waals surface area contributed by atoms with Crippen molar-refractivity contribution in [3.63, 3.8) is 0 Å². The molecule has 2 aromatic heterocycles. The number of hydrogen-bond acceptors (Lipinski definition) is 2. The predicted octanol–water partition coefficient (Wildman–Crippen LogP) is 4.40. The molecule has 0 saturated carbocycles. The van der Waals surface area contributed by atoms with Crippen LogP contribution in [0.15, 0.2) is 48.7 Å². The van der Waals surface area contributed by atoms with E-state index in [-0.39, 0.29) is 0 Å². The maximum atomic E-state index is 4.56. The summed E-state index contributed by atoms with van der Waals surface area (Å²) >= 11 is 0. The third kappa shape index (κ3) is 2.72. The van der Waals surface area contributed by atoms with Crippen molar-refractivity contribution in [3.8, 4) is 22.5 Å². The van der Waals surface area contributed by atoms with Crippen LogP contribution in [0, 0.1) is 6.92 Å². The molecule has 106 valence electrons. The van der Waals surface area contributed by atoms with Crippen LogP contribution in [-0.4, -0.2) is 15.2 Å². The van der Waals surface area contributed by atoms with Gasteiger partial charge >= 0.3 is 0 Å². The Labute approximate surface area is 125 Å². The van der Waals surface area contributed by atoms with Gasteiger partial charge in [-0.05, 0) is 31.5 Å². The van der Waals surface area contributed by atoms with Crippen LogP contribution in [0.3, 0.4) is 0 Å². The van der Waals surface area contributed by atoms with Gasteiger partial charge in [0.15, 0.2) is 0 Å². The molecule has 0 aliphatic heterocycles. The summed E-state index contributed by atoms with van der Waals surface area (Å²) in [6.07, 6.45) is 3.89. The summed E-state index contributed by atoms with van der Waals surface area (Å²) in [5, 5.41) is 7.76. The first-order valence-corrected chi connectivity index (χ1v) is 7.35. The highest BCUT2D eigenvalue weighted by atomic mass is 15.1. The Kier molecular flexibility index (Phi) is 3.82. The van der Waals surface area contributed by atoms with E-state index in [0.29, 0.717) is 0 Å². The Hall–Kier alpha value is -2.42. The summed E-state index contributed by atoms with van der Waals surface area (Å²) in [5.41, 5.74) is 6.62. The zero-order valence-corrected chi connectivity index (χ0v) is 12.4. The number of rotatable bonds is 4. The van der Waals surface area contributed by atoms with Crippen molar-refractivity contribution in [2.75, 3.05) is 0 Å². The number of aryl methyl sites for hydroxylation is 2. The first-order chi connectivity index (χ1) is 10.3. The minimum Gasteiger partial charge on any atom is -0.281 e. The molecule has 0 bridgehead atoms. The topological polar surface area (TPSA) is 41.6 Å². The van der Waals surface area contributed by atoms with E-state index in [0.717, 1.165) is 41.1 Å². The molecule has 0 saturated heterocycles. The summed E-state index contributed by atoms with van der Waals surface area (Å²) in [6.45, 7) is 4.28. The van der Waals surface area contributed by atoms with Crippen molar-refractivity contribution in [2.24, 2.45) is 0 Å². The molecule has 3 nitrogen and oxygen atoms in total. The second kappa shape index (κ2) is 5.92. The van der Waals surface area contributed by atoms with Gasteiger partial charge in [-0.15, -0.1) is 0 Å². The Morgan fingerprint density at radius 2 is 2.00 bits per heavy atom. The van der Waals surface area contributed by atoms with Gasteiger partial charge in [0.2, 0.25) is 0 Å². The van der Waals surface area contributed by atoms with Crippen molar-refractivity contribution < 1.29 is 0 Å². The molecular weight excluding hydrogens is 258 g/mol. The number of pyridine rings is 1. The number of aromatic nitrogens is 3. The van der Waals surface area contributed by atoms with Crippen LogP contribution in [0.4, 0.5) is 0 Å². The minimum absolute atomic E-state index is 0.977. The van der Waals surface area contributed by atoms with Crippen LogP contribution in [-0.2, 0) is 6.42 Å². The monoisotopic (exact) mass is 277 g/mol. The third-order valence-corrected chi connectivity index (χ3v) is 3.55. The standard InChI is InChI=1S/C18H19N3/c1-3-7-16-17(15-10-4-5-11-19-15)18(21-20-16)14-9-6-8-13(2)12-14/h4-6,8-12H,3,7H2,1-2H3,(H,20,21). The van der Waals surface area contributed by atoms with Crippen molar-refractivity contribution in [1.82, 2.24) is 15.2 Å². The molecule has 0 spiro atoms. The highest BCUT2D eigenvalue weighted by Crippen LogP contribution is 2.32. The fraction of sp³-hybridized carbons (Fsp3) is 0.222. The number of benzene rings is 1. The maximum absolute atomic E-state index is 4.56. The predicted molar refractivity (Wildman–Crippen MR) is 86.0 cm³/mol. The molecule has 21 heavy (non-hydrogen) atoms. The van der Waals surface area contributed by atoms with Crippen LogP contribution in [0.25, 0.3) is 22.5 Å². The van der Waals surface area contributed by atoms with Crippen LogP contribution in [0.2, 0.25) is 0 Å². The number of nitrogens with one attached hydrogen (secondary N) is 1. The molecule has 1 aromatic carbocycles. The molecule has 0 radical (unpaired) electrons. The molecule has 0 unspecified atom stereocenters. The fourth-order valence-electron chi connectivity index (χ4n) is 2.60. The van der Waals surface area contributed by atoms with E-state index in [2.05, 4.69) is 53.3 Å². The molecule has 0 amide bonds. The Balaban J connectivity index is 2.18. The fourth-order valence-corrected chi connectivity index (χ4v) is 2.60. The molecule has 0 fully saturated rings. The minimum atomic E-state index is 0.977. The van der Waals surface area contributed by atoms with Crippen LogP contribution in [0.5, 0.6) is 0 Å². The number of hydrogen-bond donors (Lipinski definition) is 1. The molecule has 0 atom stereocenters. The summed E-state index contributed by atoms with van der Waals surface area (Å²) in [5.74, 6) is 0. The summed E-state index contributed by atoms with van der Waals surface area (Å²) in [6, 6.07) is 14.4. The highest BCUT2D eigenvalue weighted by Gasteiger charge is 2.17. The molecule has 3 rings (SSSR count). The Bertz CT molecular complexity index is 729. The summed E-state index contributed by atoms with van der Waals surface area (Å²) in [7, 11) is 0. The second-order valence-corrected chi connectivity index (χ2v) is 5.26. The van der Waals surface area contributed by atoms with E-state index in [9.17, 15) is 0 Å². The zero-order valence-electron chi connectivity index (χ0n) is 12.4. The lowest BCUT2D eigenvalue weighted by Crippen LogP contribution is -1.91. The normalized spacial score (nSPS) is 10.8. The van der Waals surface area contributed by atoms with Crippen LogP contribution >= 0.6 is 0 Å². The lowest BCUT2D eigenvalue weighted by atomic mass is 10.00. The smallest absolute Gasteiger partial charge is 0.102 e. The van der Waals surface area contributed by atoms with Gasteiger partial charge in [0.25, 0.3) is 0 Å². The third-order valence-electron chi connectivity index (χ3n) is 3.55. The molecule has 2 heterocycles. The van der Waals surface area contributed by atoms with Crippen molar-refractivity contribution in [2.45, 2.75) is 26.7 Å².